The van der Waals surface area contributed by atoms with Crippen molar-refractivity contribution >= 4 is 21.9 Å². The van der Waals surface area contributed by atoms with Crippen LogP contribution in [0.3, 0.4) is 0 Å². The normalized spacial score (nSPS) is 11.7. The molecule has 0 N–H and O–H groups in total. The van der Waals surface area contributed by atoms with Crippen LogP contribution >= 0.6 is 0 Å². The van der Waals surface area contributed by atoms with Gasteiger partial charge in [-0.3, -0.25) is 4.79 Å². The van der Waals surface area contributed by atoms with E-state index in [2.05, 4.69) is 0 Å². The van der Waals surface area contributed by atoms with Gasteiger partial charge in [-0.2, -0.15) is 4.31 Å². The Morgan fingerprint density at radius 3 is 2.09 bits per heavy atom. The minimum Gasteiger partial charge on any atom is -0.489 e. The van der Waals surface area contributed by atoms with Crippen molar-refractivity contribution in [2.75, 3.05) is 13.1 Å². The molecule has 0 spiro atoms. The van der Waals surface area contributed by atoms with Crippen LogP contribution in [-0.2, 0) is 16.6 Å². The second-order valence-electron chi connectivity index (χ2n) is 7.15. The van der Waals surface area contributed by atoms with E-state index >= 15 is 0 Å². The highest BCUT2D eigenvalue weighted by Crippen LogP contribution is 2.18. The zero-order chi connectivity index (χ0) is 23.0. The molecule has 3 rings (SSSR count). The van der Waals surface area contributed by atoms with Gasteiger partial charge in [0.1, 0.15) is 12.4 Å². The molecule has 0 bridgehead atoms. The highest BCUT2D eigenvalue weighted by Gasteiger charge is 2.21. The standard InChI is InChI=1S/C26H27NO4S/c1-3-27(4-2)32(29,30)25-17-13-23(14-18-25)26(28)19-12-21-10-15-24(16-11-21)31-20-22-8-6-5-7-9-22/h5-19H,3-4,20H2,1-2H3. The van der Waals surface area contributed by atoms with Gasteiger partial charge in [-0.25, -0.2) is 8.42 Å². The van der Waals surface area contributed by atoms with Crippen molar-refractivity contribution in [3.05, 3.63) is 102 Å². The molecule has 166 valence electrons. The molecule has 0 atom stereocenters. The van der Waals surface area contributed by atoms with Crippen molar-refractivity contribution in [3.63, 3.8) is 0 Å². The SMILES string of the molecule is CCN(CC)S(=O)(=O)c1ccc(C(=O)C=Cc2ccc(OCc3ccccc3)cc2)cc1. The van der Waals surface area contributed by atoms with E-state index in [0.29, 0.717) is 25.3 Å². The molecule has 0 aromatic heterocycles. The largest absolute Gasteiger partial charge is 0.489 e. The predicted octanol–water partition coefficient (Wildman–Crippen LogP) is 5.19. The molecule has 0 fully saturated rings. The van der Waals surface area contributed by atoms with Gasteiger partial charge < -0.3 is 4.74 Å². The number of carbonyl (C=O) groups is 1. The van der Waals surface area contributed by atoms with Gasteiger partial charge in [-0.15, -0.1) is 0 Å². The highest BCUT2D eigenvalue weighted by atomic mass is 32.2. The number of nitrogens with zero attached hydrogens (tertiary/aromatic N) is 1. The summed E-state index contributed by atoms with van der Waals surface area (Å²) in [6, 6.07) is 23.5. The maximum absolute atomic E-state index is 12.6. The van der Waals surface area contributed by atoms with Crippen LogP contribution in [0.4, 0.5) is 0 Å². The van der Waals surface area contributed by atoms with Crippen molar-refractivity contribution in [3.8, 4) is 5.75 Å². The van der Waals surface area contributed by atoms with Gasteiger partial charge in [-0.05, 0) is 53.6 Å². The molecule has 0 aliphatic rings. The predicted molar refractivity (Wildman–Crippen MR) is 127 cm³/mol. The summed E-state index contributed by atoms with van der Waals surface area (Å²) in [5.41, 5.74) is 2.40. The number of carbonyl (C=O) groups excluding carboxylic acids is 1. The maximum atomic E-state index is 12.6. The minimum atomic E-state index is -3.53. The van der Waals surface area contributed by atoms with Crippen molar-refractivity contribution < 1.29 is 17.9 Å². The lowest BCUT2D eigenvalue weighted by atomic mass is 10.1. The van der Waals surface area contributed by atoms with E-state index in [1.165, 1.54) is 22.5 Å². The van der Waals surface area contributed by atoms with Crippen LogP contribution in [-0.4, -0.2) is 31.6 Å². The van der Waals surface area contributed by atoms with Crippen LogP contribution in [0.2, 0.25) is 0 Å². The first-order chi connectivity index (χ1) is 15.4. The molecule has 0 amide bonds. The van der Waals surface area contributed by atoms with E-state index in [1.807, 2.05) is 54.6 Å². The summed E-state index contributed by atoms with van der Waals surface area (Å²) in [4.78, 5) is 12.7. The second kappa shape index (κ2) is 10.9. The van der Waals surface area contributed by atoms with Crippen LogP contribution < -0.4 is 4.74 Å². The average molecular weight is 450 g/mol. The summed E-state index contributed by atoms with van der Waals surface area (Å²) in [5, 5.41) is 0. The van der Waals surface area contributed by atoms with Crippen LogP contribution in [0.15, 0.2) is 89.8 Å². The third-order valence-electron chi connectivity index (χ3n) is 5.04. The number of hydrogen-bond acceptors (Lipinski definition) is 4. The summed E-state index contributed by atoms with van der Waals surface area (Å²) in [5.74, 6) is 0.559. The molecule has 3 aromatic carbocycles. The number of rotatable bonds is 10. The van der Waals surface area contributed by atoms with Crippen LogP contribution in [0.1, 0.15) is 35.3 Å². The van der Waals surface area contributed by atoms with Gasteiger partial charge in [0.15, 0.2) is 5.78 Å². The second-order valence-corrected chi connectivity index (χ2v) is 9.09. The number of ketones is 1. The van der Waals surface area contributed by atoms with E-state index in [9.17, 15) is 13.2 Å². The average Bonchev–Trinajstić information content (AvgIpc) is 2.83. The third-order valence-corrected chi connectivity index (χ3v) is 7.10. The van der Waals surface area contributed by atoms with E-state index in [-0.39, 0.29) is 10.7 Å². The summed E-state index contributed by atoms with van der Waals surface area (Å²) < 4.78 is 32.3. The van der Waals surface area contributed by atoms with Gasteiger partial charge in [0.25, 0.3) is 0 Å². The van der Waals surface area contributed by atoms with E-state index in [0.717, 1.165) is 16.9 Å². The van der Waals surface area contributed by atoms with Gasteiger partial charge in [-0.1, -0.05) is 62.4 Å². The van der Waals surface area contributed by atoms with Crippen LogP contribution in [0.5, 0.6) is 5.75 Å². The zero-order valence-corrected chi connectivity index (χ0v) is 19.1. The Hall–Kier alpha value is -3.22. The first-order valence-corrected chi connectivity index (χ1v) is 12.0. The van der Waals surface area contributed by atoms with Crippen LogP contribution in [0, 0.1) is 0 Å². The Kier molecular flexibility index (Phi) is 7.98. The lowest BCUT2D eigenvalue weighted by Crippen LogP contribution is -2.30. The van der Waals surface area contributed by atoms with Gasteiger partial charge in [0, 0.05) is 18.7 Å². The number of benzene rings is 3. The molecule has 0 saturated carbocycles. The Bertz CT molecular complexity index is 1150. The number of ether oxygens (including phenoxy) is 1. The molecule has 3 aromatic rings. The fourth-order valence-electron chi connectivity index (χ4n) is 3.19. The third kappa shape index (κ3) is 5.93. The molecular formula is C26H27NO4S. The lowest BCUT2D eigenvalue weighted by molar-refractivity contribution is 0.104. The summed E-state index contributed by atoms with van der Waals surface area (Å²) in [6.07, 6.45) is 3.21. The quantitative estimate of drug-likeness (QED) is 0.316. The van der Waals surface area contributed by atoms with Crippen molar-refractivity contribution in [1.82, 2.24) is 4.31 Å². The topological polar surface area (TPSA) is 63.7 Å². The van der Waals surface area contributed by atoms with Gasteiger partial charge >= 0.3 is 0 Å². The molecular weight excluding hydrogens is 422 g/mol. The summed E-state index contributed by atoms with van der Waals surface area (Å²) in [7, 11) is -3.53. The van der Waals surface area contributed by atoms with Crippen molar-refractivity contribution in [2.45, 2.75) is 25.3 Å². The van der Waals surface area contributed by atoms with E-state index in [1.54, 1.807) is 32.1 Å². The number of allylic oxidation sites excluding steroid dienone is 1. The zero-order valence-electron chi connectivity index (χ0n) is 18.3. The summed E-state index contributed by atoms with van der Waals surface area (Å²) in [6.45, 7) is 4.89. The molecule has 0 radical (unpaired) electrons. The number of hydrogen-bond donors (Lipinski definition) is 0. The lowest BCUT2D eigenvalue weighted by Gasteiger charge is -2.18. The Morgan fingerprint density at radius 2 is 1.50 bits per heavy atom. The van der Waals surface area contributed by atoms with Gasteiger partial charge in [0.05, 0.1) is 4.90 Å². The fourth-order valence-corrected chi connectivity index (χ4v) is 4.65. The molecule has 0 heterocycles. The molecule has 0 aliphatic heterocycles. The molecule has 0 unspecified atom stereocenters. The number of sulfonamides is 1. The molecule has 32 heavy (non-hydrogen) atoms. The highest BCUT2D eigenvalue weighted by molar-refractivity contribution is 7.89. The Labute approximate surface area is 190 Å². The molecule has 0 aliphatic carbocycles. The summed E-state index contributed by atoms with van der Waals surface area (Å²) >= 11 is 0. The maximum Gasteiger partial charge on any atom is 0.243 e. The Morgan fingerprint density at radius 1 is 0.875 bits per heavy atom. The van der Waals surface area contributed by atoms with Crippen molar-refractivity contribution in [2.24, 2.45) is 0 Å². The van der Waals surface area contributed by atoms with Crippen molar-refractivity contribution in [1.29, 1.82) is 0 Å². The molecule has 5 nitrogen and oxygen atoms in total. The smallest absolute Gasteiger partial charge is 0.243 e. The minimum absolute atomic E-state index is 0.188. The monoisotopic (exact) mass is 449 g/mol. The fraction of sp³-hybridized carbons (Fsp3) is 0.192. The molecule has 0 saturated heterocycles. The van der Waals surface area contributed by atoms with E-state index < -0.39 is 10.0 Å². The van der Waals surface area contributed by atoms with E-state index in [4.69, 9.17) is 4.74 Å². The Balaban J connectivity index is 1.61. The van der Waals surface area contributed by atoms with Gasteiger partial charge in [0.2, 0.25) is 10.0 Å². The molecule has 6 heteroatoms. The first-order valence-electron chi connectivity index (χ1n) is 10.5. The first kappa shape index (κ1) is 23.4. The van der Waals surface area contributed by atoms with Crippen LogP contribution in [0.25, 0.3) is 6.08 Å².